The molecule has 0 aliphatic carbocycles. The lowest BCUT2D eigenvalue weighted by molar-refractivity contribution is -0.206. The summed E-state index contributed by atoms with van der Waals surface area (Å²) in [6.07, 6.45) is -12.9. The van der Waals surface area contributed by atoms with Crippen LogP contribution in [0, 0.1) is 0 Å². The van der Waals surface area contributed by atoms with Gasteiger partial charge < -0.3 is 4.74 Å². The number of carbonyl (C=O) groups excluding carboxylic acids is 1. The van der Waals surface area contributed by atoms with Crippen molar-refractivity contribution in [1.82, 2.24) is 9.97 Å². The Morgan fingerprint density at radius 2 is 1.85 bits per heavy atom. The maximum absolute atomic E-state index is 13.3. The molecule has 0 aromatic carbocycles. The van der Waals surface area contributed by atoms with Crippen LogP contribution in [0.3, 0.4) is 0 Å². The van der Waals surface area contributed by atoms with Crippen molar-refractivity contribution in [3.8, 4) is 11.3 Å². The number of pyridine rings is 2. The summed E-state index contributed by atoms with van der Waals surface area (Å²) in [6, 6.07) is 2.11. The van der Waals surface area contributed by atoms with Gasteiger partial charge in [-0.25, -0.2) is 14.8 Å². The molecule has 1 atom stereocenters. The number of nitrogens with zero attached hydrogens (tertiary/aromatic N) is 2. The number of amides is 1. The van der Waals surface area contributed by atoms with E-state index in [0.717, 1.165) is 12.3 Å². The summed E-state index contributed by atoms with van der Waals surface area (Å²) in [5, 5.41) is 1.41. The van der Waals surface area contributed by atoms with E-state index in [2.05, 4.69) is 14.7 Å². The quantitative estimate of drug-likeness (QED) is 0.544. The van der Waals surface area contributed by atoms with E-state index in [-0.39, 0.29) is 5.56 Å². The molecular weight excluding hydrogens is 392 g/mol. The molecular formula is C14H6ClF6N3O2. The SMILES string of the molecule is O=C1Nc2nccc(-c3cc(C(F)(F)F)cc(Cl)n3)c2[C@H](C(F)(F)F)O1. The molecule has 2 aromatic rings. The van der Waals surface area contributed by atoms with Gasteiger partial charge in [0, 0.05) is 11.8 Å². The molecule has 138 valence electrons. The molecule has 3 rings (SSSR count). The fraction of sp³-hybridized carbons (Fsp3) is 0.214. The number of hydrogen-bond donors (Lipinski definition) is 1. The summed E-state index contributed by atoms with van der Waals surface area (Å²) < 4.78 is 83.0. The third-order valence-corrected chi connectivity index (χ3v) is 3.59. The number of rotatable bonds is 1. The maximum Gasteiger partial charge on any atom is 0.430 e. The largest absolute Gasteiger partial charge is 0.431 e. The number of alkyl halides is 6. The van der Waals surface area contributed by atoms with Gasteiger partial charge in [0.1, 0.15) is 11.0 Å². The van der Waals surface area contributed by atoms with Gasteiger partial charge in [-0.3, -0.25) is 5.32 Å². The molecule has 5 nitrogen and oxygen atoms in total. The zero-order valence-corrected chi connectivity index (χ0v) is 13.0. The second-order valence-corrected chi connectivity index (χ2v) is 5.52. The monoisotopic (exact) mass is 397 g/mol. The molecule has 3 heterocycles. The van der Waals surface area contributed by atoms with Crippen molar-refractivity contribution < 1.29 is 35.9 Å². The van der Waals surface area contributed by atoms with Gasteiger partial charge in [0.2, 0.25) is 6.10 Å². The molecule has 1 N–H and O–H groups in total. The van der Waals surface area contributed by atoms with Crippen molar-refractivity contribution in [2.45, 2.75) is 18.5 Å². The fourth-order valence-corrected chi connectivity index (χ4v) is 2.59. The van der Waals surface area contributed by atoms with Gasteiger partial charge in [0.25, 0.3) is 0 Å². The summed E-state index contributed by atoms with van der Waals surface area (Å²) in [5.41, 5.74) is -2.69. The average molecular weight is 398 g/mol. The van der Waals surface area contributed by atoms with Crippen molar-refractivity contribution >= 4 is 23.5 Å². The predicted molar refractivity (Wildman–Crippen MR) is 76.4 cm³/mol. The minimum atomic E-state index is -5.02. The Morgan fingerprint density at radius 3 is 2.46 bits per heavy atom. The van der Waals surface area contributed by atoms with E-state index in [9.17, 15) is 31.1 Å². The molecule has 1 amide bonds. The van der Waals surface area contributed by atoms with Crippen LogP contribution in [0.1, 0.15) is 17.2 Å². The Labute approximate surface area is 146 Å². The van der Waals surface area contributed by atoms with Crippen LogP contribution in [-0.2, 0) is 10.9 Å². The molecule has 0 unspecified atom stereocenters. The van der Waals surface area contributed by atoms with Gasteiger partial charge in [-0.15, -0.1) is 0 Å². The Bertz CT molecular complexity index is 884. The lowest BCUT2D eigenvalue weighted by Crippen LogP contribution is -2.34. The number of halogens is 7. The van der Waals surface area contributed by atoms with E-state index in [1.54, 1.807) is 0 Å². The molecule has 2 aromatic heterocycles. The summed E-state index contributed by atoms with van der Waals surface area (Å²) in [4.78, 5) is 18.6. The Balaban J connectivity index is 2.24. The fourth-order valence-electron chi connectivity index (χ4n) is 2.38. The van der Waals surface area contributed by atoms with Crippen LogP contribution in [0.4, 0.5) is 37.0 Å². The summed E-state index contributed by atoms with van der Waals surface area (Å²) >= 11 is 5.59. The second-order valence-electron chi connectivity index (χ2n) is 5.13. The van der Waals surface area contributed by atoms with E-state index in [1.165, 1.54) is 0 Å². The highest BCUT2D eigenvalue weighted by atomic mass is 35.5. The number of ether oxygens (including phenoxy) is 1. The van der Waals surface area contributed by atoms with Gasteiger partial charge in [-0.1, -0.05) is 11.6 Å². The molecule has 0 radical (unpaired) electrons. The second kappa shape index (κ2) is 6.01. The first-order valence-corrected chi connectivity index (χ1v) is 7.13. The first kappa shape index (κ1) is 18.2. The van der Waals surface area contributed by atoms with Gasteiger partial charge in [0.05, 0.1) is 16.8 Å². The van der Waals surface area contributed by atoms with E-state index < -0.39 is 52.3 Å². The van der Waals surface area contributed by atoms with Gasteiger partial charge in [0.15, 0.2) is 0 Å². The number of fused-ring (bicyclic) bond motifs is 1. The van der Waals surface area contributed by atoms with Gasteiger partial charge in [-0.2, -0.15) is 26.3 Å². The third-order valence-electron chi connectivity index (χ3n) is 3.39. The first-order valence-electron chi connectivity index (χ1n) is 6.75. The number of nitrogens with one attached hydrogen (secondary N) is 1. The highest BCUT2D eigenvalue weighted by Gasteiger charge is 2.49. The van der Waals surface area contributed by atoms with Gasteiger partial charge >= 0.3 is 18.4 Å². The Morgan fingerprint density at radius 1 is 1.15 bits per heavy atom. The topological polar surface area (TPSA) is 64.1 Å². The van der Waals surface area contributed by atoms with Crippen LogP contribution >= 0.6 is 11.6 Å². The highest BCUT2D eigenvalue weighted by molar-refractivity contribution is 6.29. The van der Waals surface area contributed by atoms with Crippen LogP contribution in [0.15, 0.2) is 24.4 Å². The van der Waals surface area contributed by atoms with Crippen molar-refractivity contribution in [2.75, 3.05) is 5.32 Å². The average Bonchev–Trinajstić information content (AvgIpc) is 2.51. The summed E-state index contributed by atoms with van der Waals surface area (Å²) in [5.74, 6) is -0.489. The smallest absolute Gasteiger partial charge is 0.430 e. The summed E-state index contributed by atoms with van der Waals surface area (Å²) in [6.45, 7) is 0. The number of cyclic esters (lactones) is 1. The Kier molecular flexibility index (Phi) is 4.21. The van der Waals surface area contributed by atoms with Crippen LogP contribution in [0.5, 0.6) is 0 Å². The molecule has 0 spiro atoms. The standard InChI is InChI=1S/C14H6ClF6N3O2/c15-8-4-5(13(16,17)18)3-7(23-8)6-1-2-22-11-9(6)10(14(19,20)21)26-12(25)24-11/h1-4,10H,(H,22,24,25)/t10-/m1/s1. The minimum Gasteiger partial charge on any atom is -0.431 e. The van der Waals surface area contributed by atoms with Crippen molar-refractivity contribution in [3.63, 3.8) is 0 Å². The Hall–Kier alpha value is -2.56. The molecule has 0 bridgehead atoms. The third kappa shape index (κ3) is 3.39. The van der Waals surface area contributed by atoms with Crippen LogP contribution in [0.2, 0.25) is 5.15 Å². The predicted octanol–water partition coefficient (Wildman–Crippen LogP) is 4.98. The zero-order valence-electron chi connectivity index (χ0n) is 12.2. The molecule has 0 fully saturated rings. The van der Waals surface area contributed by atoms with Crippen LogP contribution in [-0.4, -0.2) is 22.2 Å². The van der Waals surface area contributed by atoms with E-state index >= 15 is 0 Å². The van der Waals surface area contributed by atoms with Crippen molar-refractivity contribution in [1.29, 1.82) is 0 Å². The molecule has 1 aliphatic rings. The molecule has 0 saturated heterocycles. The normalized spacial score (nSPS) is 17.3. The first-order chi connectivity index (χ1) is 12.0. The van der Waals surface area contributed by atoms with Crippen LogP contribution < -0.4 is 5.32 Å². The van der Waals surface area contributed by atoms with Crippen LogP contribution in [0.25, 0.3) is 11.3 Å². The van der Waals surface area contributed by atoms with E-state index in [0.29, 0.717) is 12.1 Å². The zero-order chi connectivity index (χ0) is 19.3. The highest BCUT2D eigenvalue weighted by Crippen LogP contribution is 2.45. The minimum absolute atomic E-state index is 0.356. The van der Waals surface area contributed by atoms with Crippen molar-refractivity contribution in [3.05, 3.63) is 40.7 Å². The molecule has 12 heteroatoms. The summed E-state index contributed by atoms with van der Waals surface area (Å²) in [7, 11) is 0. The van der Waals surface area contributed by atoms with Crippen molar-refractivity contribution in [2.24, 2.45) is 0 Å². The van der Waals surface area contributed by atoms with E-state index in [4.69, 9.17) is 11.6 Å². The van der Waals surface area contributed by atoms with Gasteiger partial charge in [-0.05, 0) is 18.2 Å². The molecule has 26 heavy (non-hydrogen) atoms. The number of aromatic nitrogens is 2. The molecule has 0 saturated carbocycles. The number of hydrogen-bond acceptors (Lipinski definition) is 4. The lowest BCUT2D eigenvalue weighted by Gasteiger charge is -2.28. The number of anilines is 1. The number of carbonyl (C=O) groups is 1. The molecule has 1 aliphatic heterocycles. The lowest BCUT2D eigenvalue weighted by atomic mass is 9.98. The van der Waals surface area contributed by atoms with E-state index in [1.807, 2.05) is 5.32 Å². The maximum atomic E-state index is 13.3.